The maximum atomic E-state index is 12.8. The van der Waals surface area contributed by atoms with Crippen LogP contribution in [0, 0.1) is 0 Å². The van der Waals surface area contributed by atoms with Crippen molar-refractivity contribution in [2.24, 2.45) is 0 Å². The van der Waals surface area contributed by atoms with Gasteiger partial charge in [-0.1, -0.05) is 31.2 Å². The largest absolute Gasteiger partial charge is 0.380 e. The van der Waals surface area contributed by atoms with Gasteiger partial charge in [0.05, 0.1) is 19.3 Å². The molecule has 0 spiro atoms. The van der Waals surface area contributed by atoms with Gasteiger partial charge in [-0.05, 0) is 24.0 Å². The second-order valence-electron chi connectivity index (χ2n) is 6.67. The van der Waals surface area contributed by atoms with Crippen molar-refractivity contribution in [1.29, 1.82) is 0 Å². The van der Waals surface area contributed by atoms with Crippen LogP contribution < -0.4 is 0 Å². The van der Waals surface area contributed by atoms with Gasteiger partial charge in [0.15, 0.2) is 0 Å². The first-order valence-electron chi connectivity index (χ1n) is 8.94. The van der Waals surface area contributed by atoms with Crippen molar-refractivity contribution >= 4 is 6.03 Å². The number of piperidine rings is 1. The van der Waals surface area contributed by atoms with Crippen molar-refractivity contribution in [3.63, 3.8) is 0 Å². The Balaban J connectivity index is 1.71. The summed E-state index contributed by atoms with van der Waals surface area (Å²) in [7, 11) is 1.74. The zero-order valence-electron chi connectivity index (χ0n) is 14.7. The van der Waals surface area contributed by atoms with E-state index in [0.29, 0.717) is 38.8 Å². The highest BCUT2D eigenvalue weighted by Gasteiger charge is 2.33. The molecular weight excluding hydrogens is 304 g/mol. The molecule has 5 nitrogen and oxygen atoms in total. The summed E-state index contributed by atoms with van der Waals surface area (Å²) in [4.78, 5) is 16.7. The third-order valence-corrected chi connectivity index (χ3v) is 5.16. The Hall–Kier alpha value is -1.59. The fourth-order valence-electron chi connectivity index (χ4n) is 3.60. The van der Waals surface area contributed by atoms with Crippen LogP contribution in [0.3, 0.4) is 0 Å². The highest BCUT2D eigenvalue weighted by molar-refractivity contribution is 5.75. The van der Waals surface area contributed by atoms with Gasteiger partial charge >= 0.3 is 6.03 Å². The number of morpholine rings is 1. The molecule has 0 N–H and O–H groups in total. The molecule has 2 heterocycles. The average molecular weight is 332 g/mol. The van der Waals surface area contributed by atoms with Crippen molar-refractivity contribution in [2.75, 3.05) is 46.5 Å². The molecule has 5 heteroatoms. The van der Waals surface area contributed by atoms with E-state index in [4.69, 9.17) is 9.47 Å². The highest BCUT2D eigenvalue weighted by Crippen LogP contribution is 2.29. The number of methoxy groups -OCH3 is 1. The number of likely N-dealkylation sites (tertiary alicyclic amines) is 1. The van der Waals surface area contributed by atoms with Gasteiger partial charge in [-0.25, -0.2) is 4.79 Å². The Kier molecular flexibility index (Phi) is 5.74. The number of nitrogens with zero attached hydrogens (tertiary/aromatic N) is 2. The number of rotatable bonds is 3. The predicted octanol–water partition coefficient (Wildman–Crippen LogP) is 2.51. The molecule has 0 aliphatic carbocycles. The minimum atomic E-state index is 0.0968. The van der Waals surface area contributed by atoms with Crippen molar-refractivity contribution in [3.8, 4) is 0 Å². The summed E-state index contributed by atoms with van der Waals surface area (Å²) in [6.07, 6.45) is 2.11. The van der Waals surface area contributed by atoms with Gasteiger partial charge in [-0.15, -0.1) is 0 Å². The van der Waals surface area contributed by atoms with Crippen molar-refractivity contribution < 1.29 is 14.3 Å². The SMILES string of the molecule is CCc1ccc(C2CC(OC)CN(C(=O)N3CCOCC3)C2)cc1. The monoisotopic (exact) mass is 332 g/mol. The number of urea groups is 1. The molecule has 2 atom stereocenters. The highest BCUT2D eigenvalue weighted by atomic mass is 16.5. The van der Waals surface area contributed by atoms with Crippen LogP contribution in [0.25, 0.3) is 0 Å². The smallest absolute Gasteiger partial charge is 0.320 e. The molecule has 0 aromatic heterocycles. The molecule has 2 aliphatic heterocycles. The second-order valence-corrected chi connectivity index (χ2v) is 6.67. The lowest BCUT2D eigenvalue weighted by Crippen LogP contribution is -2.53. The Labute approximate surface area is 144 Å². The van der Waals surface area contributed by atoms with Crippen LogP contribution in [-0.4, -0.2) is 68.4 Å². The van der Waals surface area contributed by atoms with E-state index in [0.717, 1.165) is 19.4 Å². The van der Waals surface area contributed by atoms with Crippen LogP contribution in [0.5, 0.6) is 0 Å². The maximum Gasteiger partial charge on any atom is 0.320 e. The summed E-state index contributed by atoms with van der Waals surface area (Å²) in [5.41, 5.74) is 2.65. The molecule has 2 amide bonds. The van der Waals surface area contributed by atoms with Crippen LogP contribution in [0.4, 0.5) is 4.79 Å². The van der Waals surface area contributed by atoms with Crippen molar-refractivity contribution in [3.05, 3.63) is 35.4 Å². The Morgan fingerprint density at radius 2 is 1.88 bits per heavy atom. The summed E-state index contributed by atoms with van der Waals surface area (Å²) in [6.45, 7) is 6.24. The molecule has 132 valence electrons. The van der Waals surface area contributed by atoms with Crippen LogP contribution in [0.1, 0.15) is 30.4 Å². The fraction of sp³-hybridized carbons (Fsp3) is 0.632. The standard InChI is InChI=1S/C19H28N2O3/c1-3-15-4-6-16(7-5-15)17-12-18(23-2)14-21(13-17)19(22)20-8-10-24-11-9-20/h4-7,17-18H,3,8-14H2,1-2H3. The molecule has 3 rings (SSSR count). The van der Waals surface area contributed by atoms with Crippen molar-refractivity contribution in [1.82, 2.24) is 9.80 Å². The Morgan fingerprint density at radius 3 is 2.50 bits per heavy atom. The second kappa shape index (κ2) is 7.99. The van der Waals surface area contributed by atoms with Crippen LogP contribution in [-0.2, 0) is 15.9 Å². The van der Waals surface area contributed by atoms with Crippen LogP contribution in [0.2, 0.25) is 0 Å². The molecule has 1 aromatic carbocycles. The van der Waals surface area contributed by atoms with Gasteiger partial charge in [0.25, 0.3) is 0 Å². The zero-order valence-corrected chi connectivity index (χ0v) is 14.7. The molecular formula is C19H28N2O3. The number of aryl methyl sites for hydroxylation is 1. The lowest BCUT2D eigenvalue weighted by Gasteiger charge is -2.40. The number of amides is 2. The van der Waals surface area contributed by atoms with Gasteiger partial charge in [0.1, 0.15) is 0 Å². The third kappa shape index (κ3) is 3.90. The summed E-state index contributed by atoms with van der Waals surface area (Å²) >= 11 is 0. The molecule has 2 fully saturated rings. The van der Waals surface area contributed by atoms with Crippen molar-refractivity contribution in [2.45, 2.75) is 31.8 Å². The minimum Gasteiger partial charge on any atom is -0.380 e. The van der Waals surface area contributed by atoms with E-state index in [1.54, 1.807) is 7.11 Å². The topological polar surface area (TPSA) is 42.0 Å². The van der Waals surface area contributed by atoms with Gasteiger partial charge < -0.3 is 19.3 Å². The number of hydrogen-bond acceptors (Lipinski definition) is 3. The van der Waals surface area contributed by atoms with Gasteiger partial charge in [0.2, 0.25) is 0 Å². The number of ether oxygens (including phenoxy) is 2. The first-order valence-corrected chi connectivity index (χ1v) is 8.94. The summed E-state index contributed by atoms with van der Waals surface area (Å²) in [6, 6.07) is 8.92. The molecule has 2 saturated heterocycles. The summed E-state index contributed by atoms with van der Waals surface area (Å²) in [5, 5.41) is 0. The molecule has 2 aliphatic rings. The number of hydrogen-bond donors (Lipinski definition) is 0. The number of carbonyl (C=O) groups is 1. The molecule has 0 saturated carbocycles. The third-order valence-electron chi connectivity index (χ3n) is 5.16. The molecule has 0 radical (unpaired) electrons. The maximum absolute atomic E-state index is 12.8. The Bertz CT molecular complexity index is 540. The van der Waals surface area contributed by atoms with E-state index in [-0.39, 0.29) is 12.1 Å². The van der Waals surface area contributed by atoms with Crippen LogP contribution >= 0.6 is 0 Å². The Morgan fingerprint density at radius 1 is 1.17 bits per heavy atom. The van der Waals surface area contributed by atoms with E-state index in [2.05, 4.69) is 31.2 Å². The van der Waals surface area contributed by atoms with E-state index in [1.807, 2.05) is 9.80 Å². The average Bonchev–Trinajstić information content (AvgIpc) is 2.67. The molecule has 1 aromatic rings. The van der Waals surface area contributed by atoms with Gasteiger partial charge in [-0.3, -0.25) is 0 Å². The summed E-state index contributed by atoms with van der Waals surface area (Å²) < 4.78 is 11.0. The lowest BCUT2D eigenvalue weighted by atomic mass is 9.88. The minimum absolute atomic E-state index is 0.0968. The molecule has 24 heavy (non-hydrogen) atoms. The van der Waals surface area contributed by atoms with E-state index in [9.17, 15) is 4.79 Å². The first kappa shape index (κ1) is 17.2. The lowest BCUT2D eigenvalue weighted by molar-refractivity contribution is 0.0122. The van der Waals surface area contributed by atoms with Gasteiger partial charge in [-0.2, -0.15) is 0 Å². The predicted molar refractivity (Wildman–Crippen MR) is 93.3 cm³/mol. The quantitative estimate of drug-likeness (QED) is 0.854. The van der Waals surface area contributed by atoms with E-state index >= 15 is 0 Å². The van der Waals surface area contributed by atoms with Crippen LogP contribution in [0.15, 0.2) is 24.3 Å². The summed E-state index contributed by atoms with van der Waals surface area (Å²) in [5.74, 6) is 0.333. The van der Waals surface area contributed by atoms with E-state index in [1.165, 1.54) is 11.1 Å². The fourth-order valence-corrected chi connectivity index (χ4v) is 3.60. The molecule has 2 unspecified atom stereocenters. The zero-order chi connectivity index (χ0) is 16.9. The number of benzene rings is 1. The normalized spacial score (nSPS) is 24.9. The molecule has 0 bridgehead atoms. The van der Waals surface area contributed by atoms with E-state index < -0.39 is 0 Å². The van der Waals surface area contributed by atoms with Gasteiger partial charge in [0, 0.05) is 39.2 Å². The first-order chi connectivity index (χ1) is 11.7. The number of carbonyl (C=O) groups excluding carboxylic acids is 1.